The van der Waals surface area contributed by atoms with E-state index < -0.39 is 6.10 Å². The molecule has 0 unspecified atom stereocenters. The summed E-state index contributed by atoms with van der Waals surface area (Å²) >= 11 is 0. The topological polar surface area (TPSA) is 65.9 Å². The van der Waals surface area contributed by atoms with Crippen LogP contribution >= 0.6 is 0 Å². The van der Waals surface area contributed by atoms with Crippen LogP contribution in [-0.2, 0) is 16.1 Å². The fourth-order valence-electron chi connectivity index (χ4n) is 2.21. The van der Waals surface area contributed by atoms with Crippen LogP contribution in [0.25, 0.3) is 0 Å². The van der Waals surface area contributed by atoms with Gasteiger partial charge in [0.25, 0.3) is 0 Å². The number of aliphatic hydroxyl groups excluding tert-OH is 1. The first kappa shape index (κ1) is 14.9. The van der Waals surface area contributed by atoms with E-state index >= 15 is 0 Å². The summed E-state index contributed by atoms with van der Waals surface area (Å²) in [5.41, 5.74) is 1.12. The number of nitrogens with zero attached hydrogens (tertiary/aromatic N) is 3. The molecule has 1 aromatic rings. The lowest BCUT2D eigenvalue weighted by Crippen LogP contribution is -2.42. The number of rotatable bonds is 4. The van der Waals surface area contributed by atoms with Crippen LogP contribution in [0, 0.1) is 0 Å². The third-order valence-electron chi connectivity index (χ3n) is 3.21. The van der Waals surface area contributed by atoms with Crippen LogP contribution in [0.5, 0.6) is 0 Å². The Balaban J connectivity index is 1.83. The van der Waals surface area contributed by atoms with E-state index in [2.05, 4.69) is 4.98 Å². The van der Waals surface area contributed by atoms with Gasteiger partial charge in [-0.1, -0.05) is 0 Å². The number of amides is 1. The summed E-state index contributed by atoms with van der Waals surface area (Å²) in [4.78, 5) is 19.8. The number of carbonyl (C=O) groups is 1. The molecule has 0 bridgehead atoms. The number of carbonyl (C=O) groups excluding carboxylic acids is 1. The third-order valence-corrected chi connectivity index (χ3v) is 3.21. The standard InChI is InChI=1S/C14H21N3O3/c1-16(8-12-2-4-15-5-3-12)10-14(19)17-6-7-20-11-13(18)9-17/h2-5,13,18H,6-11H2,1H3/t13-/m1/s1. The van der Waals surface area contributed by atoms with E-state index in [1.54, 1.807) is 17.3 Å². The first-order chi connectivity index (χ1) is 9.65. The Morgan fingerprint density at radius 1 is 1.55 bits per heavy atom. The molecule has 0 spiro atoms. The van der Waals surface area contributed by atoms with Crippen LogP contribution in [0.3, 0.4) is 0 Å². The molecule has 0 aliphatic carbocycles. The number of pyridine rings is 1. The maximum atomic E-state index is 12.2. The average Bonchev–Trinajstić information content (AvgIpc) is 2.64. The smallest absolute Gasteiger partial charge is 0.236 e. The zero-order chi connectivity index (χ0) is 14.4. The highest BCUT2D eigenvalue weighted by Crippen LogP contribution is 2.04. The van der Waals surface area contributed by atoms with Crippen molar-refractivity contribution >= 4 is 5.91 Å². The maximum Gasteiger partial charge on any atom is 0.236 e. The number of hydrogen-bond donors (Lipinski definition) is 1. The van der Waals surface area contributed by atoms with E-state index in [0.717, 1.165) is 5.56 Å². The summed E-state index contributed by atoms with van der Waals surface area (Å²) in [6.07, 6.45) is 2.90. The molecule has 1 N–H and O–H groups in total. The summed E-state index contributed by atoms with van der Waals surface area (Å²) in [7, 11) is 1.91. The maximum absolute atomic E-state index is 12.2. The lowest BCUT2D eigenvalue weighted by molar-refractivity contribution is -0.133. The van der Waals surface area contributed by atoms with Crippen molar-refractivity contribution in [3.63, 3.8) is 0 Å². The number of hydrogen-bond acceptors (Lipinski definition) is 5. The van der Waals surface area contributed by atoms with Crippen molar-refractivity contribution in [2.45, 2.75) is 12.6 Å². The summed E-state index contributed by atoms with van der Waals surface area (Å²) < 4.78 is 5.22. The Morgan fingerprint density at radius 2 is 2.30 bits per heavy atom. The van der Waals surface area contributed by atoms with Crippen LogP contribution < -0.4 is 0 Å². The molecule has 2 rings (SSSR count). The number of aliphatic hydroxyl groups is 1. The van der Waals surface area contributed by atoms with Gasteiger partial charge in [-0.2, -0.15) is 0 Å². The van der Waals surface area contributed by atoms with Gasteiger partial charge in [0.15, 0.2) is 0 Å². The van der Waals surface area contributed by atoms with Gasteiger partial charge in [0, 0.05) is 32.0 Å². The van der Waals surface area contributed by atoms with Gasteiger partial charge in [-0.3, -0.25) is 14.7 Å². The molecule has 0 saturated carbocycles. The Bertz CT molecular complexity index is 427. The Morgan fingerprint density at radius 3 is 3.05 bits per heavy atom. The molecule has 1 atom stereocenters. The molecule has 1 saturated heterocycles. The Kier molecular flexibility index (Phi) is 5.46. The average molecular weight is 279 g/mol. The fraction of sp³-hybridized carbons (Fsp3) is 0.571. The van der Waals surface area contributed by atoms with Gasteiger partial charge in [0.1, 0.15) is 0 Å². The van der Waals surface area contributed by atoms with E-state index in [9.17, 15) is 9.90 Å². The molecule has 1 fully saturated rings. The van der Waals surface area contributed by atoms with Crippen molar-refractivity contribution in [1.29, 1.82) is 0 Å². The lowest BCUT2D eigenvalue weighted by Gasteiger charge is -2.24. The zero-order valence-corrected chi connectivity index (χ0v) is 11.7. The molecule has 110 valence electrons. The highest BCUT2D eigenvalue weighted by Gasteiger charge is 2.21. The Hall–Kier alpha value is -1.50. The first-order valence-electron chi connectivity index (χ1n) is 6.76. The SMILES string of the molecule is CN(CC(=O)N1CCOC[C@H](O)C1)Cc1ccncc1. The van der Waals surface area contributed by atoms with E-state index in [0.29, 0.717) is 39.4 Å². The van der Waals surface area contributed by atoms with Crippen molar-refractivity contribution in [2.24, 2.45) is 0 Å². The van der Waals surface area contributed by atoms with E-state index in [1.807, 2.05) is 24.1 Å². The molecule has 6 nitrogen and oxygen atoms in total. The van der Waals surface area contributed by atoms with Gasteiger partial charge in [-0.25, -0.2) is 0 Å². The van der Waals surface area contributed by atoms with Crippen molar-refractivity contribution < 1.29 is 14.6 Å². The molecule has 20 heavy (non-hydrogen) atoms. The normalized spacial score (nSPS) is 19.9. The molecule has 1 aliphatic heterocycles. The third kappa shape index (κ3) is 4.56. The number of ether oxygens (including phenoxy) is 1. The molecule has 0 radical (unpaired) electrons. The minimum atomic E-state index is -0.591. The molecule has 1 aromatic heterocycles. The van der Waals surface area contributed by atoms with Gasteiger partial charge in [0.05, 0.1) is 25.9 Å². The van der Waals surface area contributed by atoms with Gasteiger partial charge < -0.3 is 14.7 Å². The highest BCUT2D eigenvalue weighted by atomic mass is 16.5. The molecular formula is C14H21N3O3. The van der Waals surface area contributed by atoms with Crippen molar-refractivity contribution in [2.75, 3.05) is 39.9 Å². The van der Waals surface area contributed by atoms with E-state index in [1.165, 1.54) is 0 Å². The van der Waals surface area contributed by atoms with Crippen molar-refractivity contribution in [3.8, 4) is 0 Å². The number of likely N-dealkylation sites (N-methyl/N-ethyl adjacent to an activating group) is 1. The molecular weight excluding hydrogens is 258 g/mol. The molecule has 2 heterocycles. The predicted molar refractivity (Wildman–Crippen MR) is 74.0 cm³/mol. The molecule has 1 amide bonds. The fourth-order valence-corrected chi connectivity index (χ4v) is 2.21. The molecule has 6 heteroatoms. The van der Waals surface area contributed by atoms with Gasteiger partial charge in [0.2, 0.25) is 5.91 Å². The largest absolute Gasteiger partial charge is 0.389 e. The summed E-state index contributed by atoms with van der Waals surface area (Å²) in [6, 6.07) is 3.87. The summed E-state index contributed by atoms with van der Waals surface area (Å²) in [5, 5.41) is 9.64. The predicted octanol–water partition coefficient (Wildman–Crippen LogP) is -0.267. The second-order valence-electron chi connectivity index (χ2n) is 5.10. The Labute approximate surface area is 119 Å². The van der Waals surface area contributed by atoms with Gasteiger partial charge in [-0.15, -0.1) is 0 Å². The quantitative estimate of drug-likeness (QED) is 0.822. The van der Waals surface area contributed by atoms with Crippen molar-refractivity contribution in [3.05, 3.63) is 30.1 Å². The molecule has 1 aliphatic rings. The second kappa shape index (κ2) is 7.33. The van der Waals surface area contributed by atoms with Gasteiger partial charge >= 0.3 is 0 Å². The lowest BCUT2D eigenvalue weighted by atomic mass is 10.2. The van der Waals surface area contributed by atoms with Crippen LogP contribution in [0.2, 0.25) is 0 Å². The van der Waals surface area contributed by atoms with Gasteiger partial charge in [-0.05, 0) is 24.7 Å². The minimum absolute atomic E-state index is 0.0195. The summed E-state index contributed by atoms with van der Waals surface area (Å²) in [5.74, 6) is 0.0195. The molecule has 0 aromatic carbocycles. The highest BCUT2D eigenvalue weighted by molar-refractivity contribution is 5.78. The van der Waals surface area contributed by atoms with Crippen LogP contribution in [0.15, 0.2) is 24.5 Å². The zero-order valence-electron chi connectivity index (χ0n) is 11.7. The van der Waals surface area contributed by atoms with E-state index in [4.69, 9.17) is 4.74 Å². The number of aromatic nitrogens is 1. The van der Waals surface area contributed by atoms with E-state index in [-0.39, 0.29) is 5.91 Å². The van der Waals surface area contributed by atoms with Crippen LogP contribution in [0.4, 0.5) is 0 Å². The first-order valence-corrected chi connectivity index (χ1v) is 6.76. The second-order valence-corrected chi connectivity index (χ2v) is 5.10. The minimum Gasteiger partial charge on any atom is -0.389 e. The monoisotopic (exact) mass is 279 g/mol. The van der Waals surface area contributed by atoms with Crippen LogP contribution in [0.1, 0.15) is 5.56 Å². The summed E-state index contributed by atoms with van der Waals surface area (Å²) in [6.45, 7) is 2.70. The number of β-amino-alcohol motifs (C(OH)–C–C–N with tert-alkyl or cyclic N) is 1. The van der Waals surface area contributed by atoms with Crippen molar-refractivity contribution in [1.82, 2.24) is 14.8 Å². The van der Waals surface area contributed by atoms with Crippen LogP contribution in [-0.4, -0.2) is 71.8 Å².